The van der Waals surface area contributed by atoms with Crippen LogP contribution in [0.25, 0.3) is 0 Å². The molecule has 1 nitrogen and oxygen atoms in total. The normalized spacial score (nSPS) is 18.2. The second kappa shape index (κ2) is 5.64. The van der Waals surface area contributed by atoms with E-state index in [4.69, 9.17) is 0 Å². The maximum atomic E-state index is 11.0. The van der Waals surface area contributed by atoms with Crippen molar-refractivity contribution in [1.29, 1.82) is 0 Å². The molecule has 0 unspecified atom stereocenters. The maximum Gasteiger partial charge on any atom is 0.156 e. The van der Waals surface area contributed by atoms with Crippen LogP contribution in [0.2, 0.25) is 0 Å². The highest BCUT2D eigenvalue weighted by Gasteiger charge is 2.25. The van der Waals surface area contributed by atoms with E-state index in [1.54, 1.807) is 6.08 Å². The van der Waals surface area contributed by atoms with Crippen molar-refractivity contribution in [3.63, 3.8) is 0 Å². The molecule has 86 valence electrons. The highest BCUT2D eigenvalue weighted by molar-refractivity contribution is 5.91. The zero-order valence-corrected chi connectivity index (χ0v) is 10.4. The van der Waals surface area contributed by atoms with Crippen LogP contribution < -0.4 is 0 Å². The summed E-state index contributed by atoms with van der Waals surface area (Å²) in [5.74, 6) is 0.286. The number of carbonyl (C=O) groups excluding carboxylic acids is 1. The molecule has 0 aromatic heterocycles. The minimum absolute atomic E-state index is 0.204. The van der Waals surface area contributed by atoms with Gasteiger partial charge in [0.1, 0.15) is 0 Å². The zero-order chi connectivity index (χ0) is 12.0. The molecule has 0 radical (unpaired) electrons. The Morgan fingerprint density at radius 1 is 0.938 bits per heavy atom. The number of allylic oxidation sites excluding steroid dienone is 2. The van der Waals surface area contributed by atoms with Gasteiger partial charge in [0.25, 0.3) is 0 Å². The Bertz CT molecular complexity index is 334. The van der Waals surface area contributed by atoms with Gasteiger partial charge in [-0.15, -0.1) is 0 Å². The van der Waals surface area contributed by atoms with E-state index in [1.165, 1.54) is 5.57 Å². The van der Waals surface area contributed by atoms with Crippen LogP contribution in [0.15, 0.2) is 48.0 Å². The van der Waals surface area contributed by atoms with E-state index in [0.29, 0.717) is 6.42 Å². The first-order valence-electron chi connectivity index (χ1n) is 5.70. The summed E-state index contributed by atoms with van der Waals surface area (Å²) in [6.07, 6.45) is 3.55. The van der Waals surface area contributed by atoms with Crippen molar-refractivity contribution in [3.8, 4) is 0 Å². The molecule has 16 heavy (non-hydrogen) atoms. The molecule has 0 fully saturated rings. The van der Waals surface area contributed by atoms with E-state index >= 15 is 0 Å². The summed E-state index contributed by atoms with van der Waals surface area (Å²) in [6, 6.07) is 12.0. The Hall–Kier alpha value is -1.37. The Balaban J connectivity index is 0.000000181. The highest BCUT2D eigenvalue weighted by Crippen LogP contribution is 2.32. The average Bonchev–Trinajstić information content (AvgIpc) is 2.17. The molecule has 0 spiro atoms. The molecule has 0 saturated heterocycles. The molecule has 0 heterocycles. The molecular weight excluding hydrogens is 196 g/mol. The number of hydrogen-bond acceptors (Lipinski definition) is 1. The summed E-state index contributed by atoms with van der Waals surface area (Å²) in [4.78, 5) is 11.0. The van der Waals surface area contributed by atoms with Crippen LogP contribution in [0.4, 0.5) is 0 Å². The number of benzene rings is 1. The van der Waals surface area contributed by atoms with Crippen molar-refractivity contribution in [2.24, 2.45) is 5.41 Å². The minimum atomic E-state index is 0.204. The number of carbonyl (C=O) groups is 1. The molecule has 1 aromatic carbocycles. The van der Waals surface area contributed by atoms with E-state index in [9.17, 15) is 4.79 Å². The third-order valence-electron chi connectivity index (χ3n) is 2.48. The van der Waals surface area contributed by atoms with Crippen LogP contribution in [0.1, 0.15) is 33.6 Å². The smallest absolute Gasteiger partial charge is 0.156 e. The molecule has 1 aliphatic rings. The first kappa shape index (κ1) is 12.7. The molecule has 1 heteroatoms. The van der Waals surface area contributed by atoms with Crippen LogP contribution in [-0.4, -0.2) is 5.78 Å². The van der Waals surface area contributed by atoms with Gasteiger partial charge in [0.15, 0.2) is 5.78 Å². The van der Waals surface area contributed by atoms with Crippen molar-refractivity contribution in [2.45, 2.75) is 33.6 Å². The van der Waals surface area contributed by atoms with Crippen LogP contribution in [-0.2, 0) is 4.79 Å². The molecule has 1 aliphatic carbocycles. The Kier molecular flexibility index (Phi) is 4.48. The summed E-state index contributed by atoms with van der Waals surface area (Å²) in [6.45, 7) is 6.31. The number of rotatable bonds is 0. The first-order valence-corrected chi connectivity index (χ1v) is 5.70. The SMILES string of the molecule is CC1=CC(=O)CC(C)(C)C1.c1ccccc1. The van der Waals surface area contributed by atoms with Crippen molar-refractivity contribution >= 4 is 5.78 Å². The summed E-state index contributed by atoms with van der Waals surface area (Å²) >= 11 is 0. The largest absolute Gasteiger partial charge is 0.295 e. The predicted octanol–water partition coefficient (Wildman–Crippen LogP) is 4.01. The van der Waals surface area contributed by atoms with Crippen molar-refractivity contribution in [2.75, 3.05) is 0 Å². The minimum Gasteiger partial charge on any atom is -0.295 e. The molecular formula is C15H20O. The molecule has 0 atom stereocenters. The second-order valence-electron chi connectivity index (χ2n) is 5.13. The number of hydrogen-bond donors (Lipinski definition) is 0. The quantitative estimate of drug-likeness (QED) is 0.640. The van der Waals surface area contributed by atoms with Crippen LogP contribution >= 0.6 is 0 Å². The predicted molar refractivity (Wildman–Crippen MR) is 68.2 cm³/mol. The Labute approximate surface area is 98.2 Å². The summed E-state index contributed by atoms with van der Waals surface area (Å²) in [5.41, 5.74) is 1.43. The van der Waals surface area contributed by atoms with Gasteiger partial charge in [-0.3, -0.25) is 4.79 Å². The lowest BCUT2D eigenvalue weighted by Crippen LogP contribution is -2.20. The van der Waals surface area contributed by atoms with E-state index in [-0.39, 0.29) is 11.2 Å². The fourth-order valence-electron chi connectivity index (χ4n) is 2.05. The van der Waals surface area contributed by atoms with Gasteiger partial charge in [-0.25, -0.2) is 0 Å². The molecule has 0 N–H and O–H groups in total. The van der Waals surface area contributed by atoms with Gasteiger partial charge in [-0.05, 0) is 24.8 Å². The van der Waals surface area contributed by atoms with Crippen molar-refractivity contribution < 1.29 is 4.79 Å². The first-order chi connectivity index (χ1) is 7.49. The molecule has 1 aromatic rings. The van der Waals surface area contributed by atoms with Crippen LogP contribution in [0, 0.1) is 5.41 Å². The van der Waals surface area contributed by atoms with Gasteiger partial charge in [-0.2, -0.15) is 0 Å². The Morgan fingerprint density at radius 3 is 1.69 bits per heavy atom. The third-order valence-corrected chi connectivity index (χ3v) is 2.48. The molecule has 0 saturated carbocycles. The summed E-state index contributed by atoms with van der Waals surface area (Å²) in [5, 5.41) is 0. The topological polar surface area (TPSA) is 17.1 Å². The third kappa shape index (κ3) is 4.92. The molecule has 0 bridgehead atoms. The van der Waals surface area contributed by atoms with Crippen LogP contribution in [0.5, 0.6) is 0 Å². The lowest BCUT2D eigenvalue weighted by molar-refractivity contribution is -0.117. The van der Waals surface area contributed by atoms with E-state index in [0.717, 1.165) is 6.42 Å². The van der Waals surface area contributed by atoms with E-state index < -0.39 is 0 Å². The monoisotopic (exact) mass is 216 g/mol. The summed E-state index contributed by atoms with van der Waals surface area (Å²) < 4.78 is 0. The van der Waals surface area contributed by atoms with Crippen molar-refractivity contribution in [1.82, 2.24) is 0 Å². The Morgan fingerprint density at radius 2 is 1.38 bits per heavy atom. The van der Waals surface area contributed by atoms with Gasteiger partial charge in [0.2, 0.25) is 0 Å². The van der Waals surface area contributed by atoms with Gasteiger partial charge in [0.05, 0.1) is 0 Å². The lowest BCUT2D eigenvalue weighted by atomic mass is 9.77. The average molecular weight is 216 g/mol. The molecule has 0 aliphatic heterocycles. The van der Waals surface area contributed by atoms with Crippen LogP contribution in [0.3, 0.4) is 0 Å². The summed E-state index contributed by atoms with van der Waals surface area (Å²) in [7, 11) is 0. The molecule has 0 amide bonds. The van der Waals surface area contributed by atoms with E-state index in [1.807, 2.05) is 43.3 Å². The van der Waals surface area contributed by atoms with Gasteiger partial charge in [0, 0.05) is 6.42 Å². The highest BCUT2D eigenvalue weighted by atomic mass is 16.1. The maximum absolute atomic E-state index is 11.0. The van der Waals surface area contributed by atoms with Gasteiger partial charge in [-0.1, -0.05) is 55.8 Å². The van der Waals surface area contributed by atoms with Gasteiger partial charge < -0.3 is 0 Å². The van der Waals surface area contributed by atoms with Crippen molar-refractivity contribution in [3.05, 3.63) is 48.0 Å². The van der Waals surface area contributed by atoms with E-state index in [2.05, 4.69) is 13.8 Å². The van der Waals surface area contributed by atoms with Gasteiger partial charge >= 0.3 is 0 Å². The lowest BCUT2D eigenvalue weighted by Gasteiger charge is -2.27. The second-order valence-corrected chi connectivity index (χ2v) is 5.13. The zero-order valence-electron chi connectivity index (χ0n) is 10.4. The number of ketones is 1. The standard InChI is InChI=1S/C9H14O.C6H6/c1-7-4-8(10)6-9(2,3)5-7;1-2-4-6-5-3-1/h4H,5-6H2,1-3H3;1-6H. The molecule has 2 rings (SSSR count). The fraction of sp³-hybridized carbons (Fsp3) is 0.400. The fourth-order valence-corrected chi connectivity index (χ4v) is 2.05.